The van der Waals surface area contributed by atoms with E-state index in [1.54, 1.807) is 18.2 Å². The minimum absolute atomic E-state index is 0. The fraction of sp³-hybridized carbons (Fsp3) is 0.130. The minimum Gasteiger partial charge on any atom is -1.00 e. The van der Waals surface area contributed by atoms with E-state index in [1.807, 2.05) is 49.4 Å². The molecule has 6 nitrogen and oxygen atoms in total. The second-order valence-electron chi connectivity index (χ2n) is 6.98. The Bertz CT molecular complexity index is 1260. The third-order valence-corrected chi connectivity index (χ3v) is 4.90. The van der Waals surface area contributed by atoms with Crippen LogP contribution >= 0.6 is 0 Å². The van der Waals surface area contributed by atoms with E-state index in [0.717, 1.165) is 22.2 Å². The summed E-state index contributed by atoms with van der Waals surface area (Å²) in [5.41, 5.74) is 9.76. The van der Waals surface area contributed by atoms with Gasteiger partial charge >= 0.3 is 35.5 Å². The van der Waals surface area contributed by atoms with Crippen LogP contribution in [0.1, 0.15) is 22.9 Å². The van der Waals surface area contributed by atoms with Crippen LogP contribution in [0.5, 0.6) is 5.75 Å². The number of nitrogens with two attached hydrogens (primary N) is 1. The molecule has 0 bridgehead atoms. The normalized spacial score (nSPS) is 10.7. The van der Waals surface area contributed by atoms with Gasteiger partial charge in [-0.25, -0.2) is 4.79 Å². The Morgan fingerprint density at radius 2 is 1.77 bits per heavy atom. The van der Waals surface area contributed by atoms with E-state index in [4.69, 9.17) is 15.6 Å². The number of primary amides is 1. The molecule has 0 aliphatic carbocycles. The van der Waals surface area contributed by atoms with Crippen molar-refractivity contribution in [1.82, 2.24) is 4.57 Å². The molecule has 7 heteroatoms. The van der Waals surface area contributed by atoms with Gasteiger partial charge in [-0.05, 0) is 42.3 Å². The van der Waals surface area contributed by atoms with E-state index in [1.165, 1.54) is 0 Å². The quantitative estimate of drug-likeness (QED) is 0.459. The van der Waals surface area contributed by atoms with Crippen molar-refractivity contribution >= 4 is 33.7 Å². The Morgan fingerprint density at radius 3 is 2.43 bits per heavy atom. The molecule has 1 aromatic heterocycles. The molecule has 0 radical (unpaired) electrons. The molecule has 3 N–H and O–H groups in total. The Morgan fingerprint density at radius 1 is 1.03 bits per heavy atom. The summed E-state index contributed by atoms with van der Waals surface area (Å²) in [4.78, 5) is 23.2. The van der Waals surface area contributed by atoms with E-state index >= 15 is 0 Å². The molecule has 30 heavy (non-hydrogen) atoms. The van der Waals surface area contributed by atoms with Crippen molar-refractivity contribution < 1.29 is 50.4 Å². The first-order valence-electron chi connectivity index (χ1n) is 9.19. The Balaban J connectivity index is 0.00000171. The average molecular weight is 412 g/mol. The van der Waals surface area contributed by atoms with Crippen molar-refractivity contribution in [3.63, 3.8) is 0 Å². The zero-order valence-corrected chi connectivity index (χ0v) is 18.9. The molecule has 0 fully saturated rings. The molecule has 0 saturated heterocycles. The molecule has 0 aliphatic rings. The SMILES string of the molecule is Cc1cc(OCC(=O)O)c2c3c(C(N)=O)cccc3n(Cc3ccccc3)c2c1.[H-].[Na+]. The number of carboxylic acids is 1. The molecule has 4 aromatic rings. The summed E-state index contributed by atoms with van der Waals surface area (Å²) in [6.07, 6.45) is 0. The summed E-state index contributed by atoms with van der Waals surface area (Å²) < 4.78 is 7.71. The summed E-state index contributed by atoms with van der Waals surface area (Å²) in [6.45, 7) is 2.04. The second-order valence-corrected chi connectivity index (χ2v) is 6.98. The van der Waals surface area contributed by atoms with Crippen molar-refractivity contribution in [3.05, 3.63) is 77.4 Å². The minimum atomic E-state index is -1.07. The maximum atomic E-state index is 12.1. The number of aromatic nitrogens is 1. The maximum absolute atomic E-state index is 12.1. The monoisotopic (exact) mass is 412 g/mol. The van der Waals surface area contributed by atoms with Crippen LogP contribution in [0.2, 0.25) is 0 Å². The summed E-state index contributed by atoms with van der Waals surface area (Å²) in [5.74, 6) is -1.19. The van der Waals surface area contributed by atoms with Gasteiger partial charge in [-0.1, -0.05) is 36.4 Å². The molecule has 1 heterocycles. The van der Waals surface area contributed by atoms with Crippen LogP contribution in [0.25, 0.3) is 21.8 Å². The van der Waals surface area contributed by atoms with Crippen LogP contribution in [0.4, 0.5) is 0 Å². The van der Waals surface area contributed by atoms with Gasteiger partial charge in [0.05, 0.1) is 16.4 Å². The number of aryl methyl sites for hydroxylation is 1. The molecule has 0 unspecified atom stereocenters. The average Bonchev–Trinajstić information content (AvgIpc) is 3.00. The van der Waals surface area contributed by atoms with Crippen molar-refractivity contribution in [2.24, 2.45) is 5.73 Å². The summed E-state index contributed by atoms with van der Waals surface area (Å²) >= 11 is 0. The number of hydrogen-bond acceptors (Lipinski definition) is 3. The number of ether oxygens (including phenoxy) is 1. The van der Waals surface area contributed by atoms with Gasteiger partial charge in [-0.3, -0.25) is 4.79 Å². The van der Waals surface area contributed by atoms with Crippen LogP contribution in [0.15, 0.2) is 60.7 Å². The molecular weight excluding hydrogens is 391 g/mol. The molecule has 0 aliphatic heterocycles. The molecule has 1 amide bonds. The predicted octanol–water partition coefficient (Wildman–Crippen LogP) is 0.830. The maximum Gasteiger partial charge on any atom is 1.00 e. The van der Waals surface area contributed by atoms with Gasteiger partial charge < -0.3 is 21.6 Å². The standard InChI is InChI=1S/C23H20N2O4.Na.H/c1-14-10-18-22(19(11-14)29-13-20(26)27)21-16(23(24)28)8-5-9-17(21)25(18)12-15-6-3-2-4-7-15;;/h2-11H,12-13H2,1H3,(H2,24,28)(H,26,27);;/q;+1;-1. The predicted molar refractivity (Wildman–Crippen MR) is 112 cm³/mol. The molecule has 0 spiro atoms. The van der Waals surface area contributed by atoms with Crippen molar-refractivity contribution in [1.29, 1.82) is 0 Å². The van der Waals surface area contributed by atoms with Crippen LogP contribution in [-0.4, -0.2) is 28.2 Å². The number of rotatable bonds is 6. The second kappa shape index (κ2) is 8.92. The van der Waals surface area contributed by atoms with E-state index in [2.05, 4.69) is 4.57 Å². The summed E-state index contributed by atoms with van der Waals surface area (Å²) in [5, 5.41) is 10.4. The third kappa shape index (κ3) is 4.07. The van der Waals surface area contributed by atoms with E-state index in [0.29, 0.717) is 28.6 Å². The number of hydrogen-bond donors (Lipinski definition) is 2. The van der Waals surface area contributed by atoms with E-state index in [9.17, 15) is 9.59 Å². The Labute approximate surface area is 197 Å². The molecule has 0 saturated carbocycles. The van der Waals surface area contributed by atoms with Crippen molar-refractivity contribution in [2.75, 3.05) is 6.61 Å². The third-order valence-electron chi connectivity index (χ3n) is 4.90. The number of fused-ring (bicyclic) bond motifs is 3. The van der Waals surface area contributed by atoms with E-state index < -0.39 is 18.5 Å². The molecular formula is C23H21N2NaO4. The number of amides is 1. The Hall–Kier alpha value is -2.80. The number of aliphatic carboxylic acids is 1. The first-order chi connectivity index (χ1) is 14.0. The Kier molecular flexibility index (Phi) is 6.51. The first kappa shape index (κ1) is 21.9. The van der Waals surface area contributed by atoms with Crippen LogP contribution in [0.3, 0.4) is 0 Å². The fourth-order valence-electron chi connectivity index (χ4n) is 3.75. The molecule has 3 aromatic carbocycles. The summed E-state index contributed by atoms with van der Waals surface area (Å²) in [6, 6.07) is 19.2. The summed E-state index contributed by atoms with van der Waals surface area (Å²) in [7, 11) is 0. The van der Waals surface area contributed by atoms with Crippen LogP contribution in [-0.2, 0) is 11.3 Å². The zero-order chi connectivity index (χ0) is 20.5. The van der Waals surface area contributed by atoms with Gasteiger partial charge in [0.1, 0.15) is 5.75 Å². The molecule has 4 rings (SSSR count). The number of carbonyl (C=O) groups is 2. The van der Waals surface area contributed by atoms with E-state index in [-0.39, 0.29) is 31.0 Å². The fourth-order valence-corrected chi connectivity index (χ4v) is 3.75. The number of benzene rings is 3. The first-order valence-corrected chi connectivity index (χ1v) is 9.19. The van der Waals surface area contributed by atoms with Crippen molar-refractivity contribution in [2.45, 2.75) is 13.5 Å². The largest absolute Gasteiger partial charge is 1.00 e. The number of nitrogens with zero attached hydrogens (tertiary/aromatic N) is 1. The van der Waals surface area contributed by atoms with Gasteiger partial charge in [0, 0.05) is 17.5 Å². The van der Waals surface area contributed by atoms with Gasteiger partial charge in [0.25, 0.3) is 0 Å². The van der Waals surface area contributed by atoms with Crippen molar-refractivity contribution in [3.8, 4) is 5.75 Å². The smallest absolute Gasteiger partial charge is 1.00 e. The molecule has 148 valence electrons. The van der Waals surface area contributed by atoms with Crippen LogP contribution in [0, 0.1) is 6.92 Å². The van der Waals surface area contributed by atoms with Gasteiger partial charge in [0.15, 0.2) is 6.61 Å². The van der Waals surface area contributed by atoms with Gasteiger partial charge in [-0.15, -0.1) is 0 Å². The zero-order valence-electron chi connectivity index (χ0n) is 17.9. The number of carboxylic acid groups (broad SMARTS) is 1. The topological polar surface area (TPSA) is 94.6 Å². The molecule has 0 atom stereocenters. The number of carbonyl (C=O) groups excluding carboxylic acids is 1. The van der Waals surface area contributed by atoms with Gasteiger partial charge in [0.2, 0.25) is 5.91 Å². The van der Waals surface area contributed by atoms with Crippen LogP contribution < -0.4 is 40.0 Å². The van der Waals surface area contributed by atoms with Gasteiger partial charge in [-0.2, -0.15) is 0 Å².